The van der Waals surface area contributed by atoms with Crippen molar-refractivity contribution < 1.29 is 4.79 Å². The predicted octanol–water partition coefficient (Wildman–Crippen LogP) is 5.02. The Bertz CT molecular complexity index is 1550. The van der Waals surface area contributed by atoms with Crippen LogP contribution in [0.3, 0.4) is 0 Å². The molecule has 3 aromatic heterocycles. The fourth-order valence-electron chi connectivity index (χ4n) is 3.90. The smallest absolute Gasteiger partial charge is 0.255 e. The third-order valence-corrected chi connectivity index (χ3v) is 5.32. The van der Waals surface area contributed by atoms with E-state index in [9.17, 15) is 9.59 Å². The molecule has 5 aromatic rings. The van der Waals surface area contributed by atoms with Crippen LogP contribution in [0.15, 0.2) is 84.1 Å². The number of aryl methyl sites for hydroxylation is 1. The highest BCUT2D eigenvalue weighted by atomic mass is 16.1. The van der Waals surface area contributed by atoms with Crippen molar-refractivity contribution in [2.75, 3.05) is 0 Å². The molecule has 5 rings (SSSR count). The average Bonchev–Trinajstić information content (AvgIpc) is 3.17. The summed E-state index contributed by atoms with van der Waals surface area (Å²) in [7, 11) is 0. The molecule has 0 fully saturated rings. The molecule has 0 unspecified atom stereocenters. The van der Waals surface area contributed by atoms with E-state index in [1.54, 1.807) is 39.9 Å². The minimum absolute atomic E-state index is 0.106. The van der Waals surface area contributed by atoms with Gasteiger partial charge in [-0.05, 0) is 50.3 Å². The summed E-state index contributed by atoms with van der Waals surface area (Å²) in [4.78, 5) is 29.7. The number of fused-ring (bicyclic) bond motifs is 4. The topological polar surface area (TPSA) is 56.9 Å². The maximum atomic E-state index is 13.0. The lowest BCUT2D eigenvalue weighted by Crippen LogP contribution is -2.17. The number of carbonyl (C=O) groups excluding carboxylic acids is 1. The van der Waals surface area contributed by atoms with Crippen molar-refractivity contribution in [2.45, 2.75) is 13.8 Å². The van der Waals surface area contributed by atoms with Gasteiger partial charge in [0.25, 0.3) is 11.5 Å². The summed E-state index contributed by atoms with van der Waals surface area (Å²) < 4.78 is 3.28. The fraction of sp³-hybridized carbons (Fsp3) is 0.0800. The summed E-state index contributed by atoms with van der Waals surface area (Å²) in [5.74, 6) is -0.106. The van der Waals surface area contributed by atoms with E-state index < -0.39 is 0 Å². The minimum Gasteiger partial charge on any atom is -0.290 e. The van der Waals surface area contributed by atoms with Gasteiger partial charge in [0.15, 0.2) is 0 Å². The van der Waals surface area contributed by atoms with E-state index in [0.29, 0.717) is 0 Å². The fourth-order valence-corrected chi connectivity index (χ4v) is 3.90. The molecule has 5 nitrogen and oxygen atoms in total. The molecule has 0 aliphatic carbocycles. The average molecular weight is 393 g/mol. The lowest BCUT2D eigenvalue weighted by molar-refractivity contribution is 0.0969. The number of nitrogens with zero attached hydrogens (tertiary/aromatic N) is 3. The van der Waals surface area contributed by atoms with Gasteiger partial charge in [0.1, 0.15) is 0 Å². The van der Waals surface area contributed by atoms with Crippen molar-refractivity contribution in [3.8, 4) is 5.69 Å². The molecule has 146 valence electrons. The largest absolute Gasteiger partial charge is 0.290 e. The van der Waals surface area contributed by atoms with Crippen molar-refractivity contribution in [2.24, 2.45) is 0 Å². The van der Waals surface area contributed by atoms with Gasteiger partial charge in [-0.2, -0.15) is 0 Å². The Morgan fingerprint density at radius 1 is 0.967 bits per heavy atom. The summed E-state index contributed by atoms with van der Waals surface area (Å²) in [6.45, 7) is 3.84. The summed E-state index contributed by atoms with van der Waals surface area (Å²) in [6.07, 6.45) is 8.64. The molecular formula is C25H19N3O2. The second-order valence-corrected chi connectivity index (χ2v) is 7.41. The predicted molar refractivity (Wildman–Crippen MR) is 121 cm³/mol. The Hall–Kier alpha value is -3.99. The summed E-state index contributed by atoms with van der Waals surface area (Å²) in [5.41, 5.74) is 3.43. The molecule has 0 radical (unpaired) electrons. The van der Waals surface area contributed by atoms with Gasteiger partial charge < -0.3 is 0 Å². The lowest BCUT2D eigenvalue weighted by Gasteiger charge is -2.13. The Morgan fingerprint density at radius 3 is 2.60 bits per heavy atom. The van der Waals surface area contributed by atoms with Crippen LogP contribution >= 0.6 is 0 Å². The molecule has 0 bridgehead atoms. The molecule has 0 aliphatic rings. The van der Waals surface area contributed by atoms with E-state index in [4.69, 9.17) is 0 Å². The SMILES string of the molecule is C/C=C\C(=O)n1cc2ccc(-n3c(=O)ccc4cnc5ccc(C)cc5c43)cc2c1. The number of pyridine rings is 2. The van der Waals surface area contributed by atoms with Crippen molar-refractivity contribution >= 4 is 38.5 Å². The molecule has 2 aromatic carbocycles. The normalized spacial score (nSPS) is 11.8. The summed E-state index contributed by atoms with van der Waals surface area (Å²) in [6, 6.07) is 15.2. The van der Waals surface area contributed by atoms with Gasteiger partial charge in [0.2, 0.25) is 0 Å². The molecule has 0 aliphatic heterocycles. The van der Waals surface area contributed by atoms with Gasteiger partial charge in [0, 0.05) is 51.9 Å². The summed E-state index contributed by atoms with van der Waals surface area (Å²) >= 11 is 0. The first-order valence-electron chi connectivity index (χ1n) is 9.75. The molecule has 0 atom stereocenters. The van der Waals surface area contributed by atoms with E-state index >= 15 is 0 Å². The van der Waals surface area contributed by atoms with Crippen LogP contribution in [0.25, 0.3) is 38.3 Å². The monoisotopic (exact) mass is 393 g/mol. The van der Waals surface area contributed by atoms with Crippen molar-refractivity contribution in [3.05, 3.63) is 95.2 Å². The standard InChI is InChI=1S/C25H19N3O2/c1-3-4-23(29)27-14-18-6-8-20(12-19(18)15-27)28-24(30)10-7-17-13-26-22-9-5-16(2)11-21(22)25(17)28/h3-15H,1-2H3/b4-3-. The molecule has 30 heavy (non-hydrogen) atoms. The van der Waals surface area contributed by atoms with Crippen molar-refractivity contribution in [1.29, 1.82) is 0 Å². The first-order chi connectivity index (χ1) is 14.5. The van der Waals surface area contributed by atoms with Crippen molar-refractivity contribution in [1.82, 2.24) is 14.1 Å². The zero-order chi connectivity index (χ0) is 20.8. The first kappa shape index (κ1) is 18.1. The minimum atomic E-state index is -0.111. The van der Waals surface area contributed by atoms with Gasteiger partial charge >= 0.3 is 0 Å². The van der Waals surface area contributed by atoms with Crippen LogP contribution in [-0.2, 0) is 0 Å². The molecule has 3 heterocycles. The van der Waals surface area contributed by atoms with Gasteiger partial charge in [-0.15, -0.1) is 0 Å². The second-order valence-electron chi connectivity index (χ2n) is 7.41. The number of hydrogen-bond donors (Lipinski definition) is 0. The third-order valence-electron chi connectivity index (χ3n) is 5.32. The number of allylic oxidation sites excluding steroid dienone is 2. The van der Waals surface area contributed by atoms with Crippen LogP contribution in [0, 0.1) is 6.92 Å². The Balaban J connectivity index is 1.81. The lowest BCUT2D eigenvalue weighted by atomic mass is 10.1. The Labute approximate surface area is 172 Å². The van der Waals surface area contributed by atoms with Crippen LogP contribution in [0.1, 0.15) is 17.3 Å². The van der Waals surface area contributed by atoms with Crippen LogP contribution in [0.2, 0.25) is 0 Å². The number of rotatable bonds is 2. The zero-order valence-electron chi connectivity index (χ0n) is 16.7. The van der Waals surface area contributed by atoms with E-state index in [1.165, 1.54) is 6.08 Å². The van der Waals surface area contributed by atoms with Gasteiger partial charge in [-0.3, -0.25) is 23.7 Å². The molecule has 0 saturated carbocycles. The summed E-state index contributed by atoms with van der Waals surface area (Å²) in [5, 5.41) is 3.66. The molecular weight excluding hydrogens is 374 g/mol. The third kappa shape index (κ3) is 2.83. The van der Waals surface area contributed by atoms with E-state index in [-0.39, 0.29) is 11.5 Å². The number of hydrogen-bond acceptors (Lipinski definition) is 3. The molecule has 0 amide bonds. The van der Waals surface area contributed by atoms with E-state index in [2.05, 4.69) is 11.1 Å². The second kappa shape index (κ2) is 6.81. The van der Waals surface area contributed by atoms with E-state index in [1.807, 2.05) is 50.2 Å². The quantitative estimate of drug-likeness (QED) is 0.313. The highest BCUT2D eigenvalue weighted by Gasteiger charge is 2.12. The van der Waals surface area contributed by atoms with E-state index in [0.717, 1.165) is 43.8 Å². The maximum Gasteiger partial charge on any atom is 0.255 e. The van der Waals surface area contributed by atoms with Crippen LogP contribution < -0.4 is 5.56 Å². The Morgan fingerprint density at radius 2 is 1.77 bits per heavy atom. The van der Waals surface area contributed by atoms with Crippen LogP contribution in [0.5, 0.6) is 0 Å². The van der Waals surface area contributed by atoms with Gasteiger partial charge in [0.05, 0.1) is 11.0 Å². The highest BCUT2D eigenvalue weighted by Crippen LogP contribution is 2.27. The van der Waals surface area contributed by atoms with Crippen LogP contribution in [0.4, 0.5) is 0 Å². The van der Waals surface area contributed by atoms with Gasteiger partial charge in [-0.25, -0.2) is 0 Å². The van der Waals surface area contributed by atoms with Gasteiger partial charge in [-0.1, -0.05) is 23.8 Å². The highest BCUT2D eigenvalue weighted by molar-refractivity contribution is 6.04. The zero-order valence-corrected chi connectivity index (χ0v) is 16.7. The molecule has 5 heteroatoms. The number of benzene rings is 2. The van der Waals surface area contributed by atoms with Crippen molar-refractivity contribution in [3.63, 3.8) is 0 Å². The maximum absolute atomic E-state index is 13.0. The Kier molecular flexibility index (Phi) is 4.10. The molecule has 0 N–H and O–H groups in total. The molecule has 0 saturated heterocycles. The number of aromatic nitrogens is 3. The molecule has 0 spiro atoms. The first-order valence-corrected chi connectivity index (χ1v) is 9.75. The number of carbonyl (C=O) groups is 1. The van der Waals surface area contributed by atoms with Crippen LogP contribution in [-0.4, -0.2) is 20.0 Å².